The Morgan fingerprint density at radius 2 is 2.00 bits per heavy atom. The number of thiocarbonyl (C=S) groups is 1. The van der Waals surface area contributed by atoms with Crippen LogP contribution in [0.25, 0.3) is 5.82 Å². The van der Waals surface area contributed by atoms with Crippen molar-refractivity contribution < 1.29 is 0 Å². The molecule has 2 rings (SSSR count). The summed E-state index contributed by atoms with van der Waals surface area (Å²) >= 11 is 5.07. The van der Waals surface area contributed by atoms with E-state index in [4.69, 9.17) is 18.0 Å². The van der Waals surface area contributed by atoms with Crippen molar-refractivity contribution in [2.24, 2.45) is 5.73 Å². The molecule has 0 saturated carbocycles. The van der Waals surface area contributed by atoms with Crippen molar-refractivity contribution in [3.05, 3.63) is 34.8 Å². The summed E-state index contributed by atoms with van der Waals surface area (Å²) < 4.78 is 1.64. The topological polar surface area (TPSA) is 69.6 Å². The van der Waals surface area contributed by atoms with E-state index in [2.05, 4.69) is 15.3 Å². The summed E-state index contributed by atoms with van der Waals surface area (Å²) in [5.74, 6) is 0.578. The number of aromatic nitrogens is 4. The van der Waals surface area contributed by atoms with E-state index in [9.17, 15) is 0 Å². The Morgan fingerprint density at radius 3 is 2.53 bits per heavy atom. The highest BCUT2D eigenvalue weighted by Crippen LogP contribution is 2.17. The largest absolute Gasteiger partial charge is 0.389 e. The summed E-state index contributed by atoms with van der Waals surface area (Å²) in [7, 11) is 0. The van der Waals surface area contributed by atoms with E-state index >= 15 is 0 Å². The van der Waals surface area contributed by atoms with Gasteiger partial charge in [0, 0.05) is 6.20 Å². The molecule has 0 aliphatic carbocycles. The molecule has 6 heteroatoms. The van der Waals surface area contributed by atoms with Crippen molar-refractivity contribution in [1.29, 1.82) is 0 Å². The van der Waals surface area contributed by atoms with Crippen LogP contribution in [0.15, 0.2) is 12.4 Å². The minimum Gasteiger partial charge on any atom is -0.389 e. The Bertz CT molecular complexity index is 588. The minimum atomic E-state index is 0.309. The first-order valence-electron chi connectivity index (χ1n) is 5.16. The van der Waals surface area contributed by atoms with Gasteiger partial charge in [0.25, 0.3) is 0 Å². The molecule has 0 unspecified atom stereocenters. The third-order valence-electron chi connectivity index (χ3n) is 2.61. The average Bonchev–Trinajstić information content (AvgIpc) is 2.68. The van der Waals surface area contributed by atoms with Crippen LogP contribution < -0.4 is 5.73 Å². The van der Waals surface area contributed by atoms with Gasteiger partial charge in [-0.15, -0.1) is 5.10 Å². The fourth-order valence-electron chi connectivity index (χ4n) is 1.58. The second-order valence-corrected chi connectivity index (χ2v) is 4.38. The summed E-state index contributed by atoms with van der Waals surface area (Å²) in [4.78, 5) is 0.309. The lowest BCUT2D eigenvalue weighted by atomic mass is 10.1. The molecule has 17 heavy (non-hydrogen) atoms. The molecule has 2 heterocycles. The molecule has 0 aliphatic heterocycles. The number of rotatable bonds is 2. The first-order valence-corrected chi connectivity index (χ1v) is 5.57. The Hall–Kier alpha value is -1.82. The lowest BCUT2D eigenvalue weighted by molar-refractivity contribution is 0.798. The van der Waals surface area contributed by atoms with Gasteiger partial charge in [-0.05, 0) is 31.9 Å². The number of hydrogen-bond acceptors (Lipinski definition) is 4. The Morgan fingerprint density at radius 1 is 1.29 bits per heavy atom. The van der Waals surface area contributed by atoms with E-state index < -0.39 is 0 Å². The van der Waals surface area contributed by atoms with Gasteiger partial charge in [0.1, 0.15) is 4.99 Å². The van der Waals surface area contributed by atoms with E-state index in [1.165, 1.54) is 0 Å². The maximum absolute atomic E-state index is 5.75. The molecule has 2 aromatic heterocycles. The van der Waals surface area contributed by atoms with Gasteiger partial charge in [-0.2, -0.15) is 10.2 Å². The average molecular weight is 247 g/mol. The van der Waals surface area contributed by atoms with E-state index in [0.717, 1.165) is 22.4 Å². The van der Waals surface area contributed by atoms with Crippen LogP contribution in [-0.2, 0) is 0 Å². The highest BCUT2D eigenvalue weighted by molar-refractivity contribution is 7.80. The predicted molar refractivity (Wildman–Crippen MR) is 69.3 cm³/mol. The molecule has 2 N–H and O–H groups in total. The van der Waals surface area contributed by atoms with Crippen LogP contribution in [-0.4, -0.2) is 25.0 Å². The highest BCUT2D eigenvalue weighted by Gasteiger charge is 2.15. The molecule has 5 nitrogen and oxygen atoms in total. The van der Waals surface area contributed by atoms with E-state index in [0.29, 0.717) is 10.8 Å². The van der Waals surface area contributed by atoms with Crippen LogP contribution in [0.4, 0.5) is 0 Å². The minimum absolute atomic E-state index is 0.309. The molecule has 0 bridgehead atoms. The lowest BCUT2D eigenvalue weighted by Gasteiger charge is -2.10. The zero-order chi connectivity index (χ0) is 12.6. The maximum Gasteiger partial charge on any atom is 0.186 e. The molecule has 0 radical (unpaired) electrons. The molecular weight excluding hydrogens is 234 g/mol. The number of nitrogens with zero attached hydrogens (tertiary/aromatic N) is 4. The van der Waals surface area contributed by atoms with E-state index in [1.54, 1.807) is 10.9 Å². The van der Waals surface area contributed by atoms with Crippen LogP contribution in [0.5, 0.6) is 0 Å². The fraction of sp³-hybridized carbons (Fsp3) is 0.273. The molecule has 88 valence electrons. The van der Waals surface area contributed by atoms with Gasteiger partial charge in [-0.1, -0.05) is 12.2 Å². The van der Waals surface area contributed by atoms with Gasteiger partial charge in [0.15, 0.2) is 5.82 Å². The maximum atomic E-state index is 5.75. The monoisotopic (exact) mass is 247 g/mol. The summed E-state index contributed by atoms with van der Waals surface area (Å²) in [5.41, 5.74) is 9.28. The molecular formula is C11H13N5S. The molecule has 0 spiro atoms. The molecule has 2 aromatic rings. The standard InChI is InChI=1S/C11H13N5S/c1-6-4-13-16(5-6)11-9(10(12)17)7(2)8(3)14-15-11/h4-5H,1-3H3,(H2,12,17). The van der Waals surface area contributed by atoms with Gasteiger partial charge in [0.2, 0.25) is 0 Å². The van der Waals surface area contributed by atoms with Crippen LogP contribution in [0, 0.1) is 20.8 Å². The fourth-order valence-corrected chi connectivity index (χ4v) is 1.82. The van der Waals surface area contributed by atoms with Crippen molar-refractivity contribution in [2.75, 3.05) is 0 Å². The zero-order valence-corrected chi connectivity index (χ0v) is 10.7. The van der Waals surface area contributed by atoms with Crippen molar-refractivity contribution in [3.8, 4) is 5.82 Å². The normalized spacial score (nSPS) is 10.5. The number of hydrogen-bond donors (Lipinski definition) is 1. The predicted octanol–water partition coefficient (Wildman–Crippen LogP) is 1.22. The molecule has 0 saturated heterocycles. The molecule has 0 aliphatic rings. The Labute approximate surface area is 105 Å². The summed E-state index contributed by atoms with van der Waals surface area (Å²) in [6.45, 7) is 5.76. The SMILES string of the molecule is Cc1cnn(-c2nnc(C)c(C)c2C(N)=S)c1. The quantitative estimate of drug-likeness (QED) is 0.808. The van der Waals surface area contributed by atoms with E-state index in [-0.39, 0.29) is 0 Å². The summed E-state index contributed by atoms with van der Waals surface area (Å²) in [5, 5.41) is 12.4. The molecule has 0 aromatic carbocycles. The van der Waals surface area contributed by atoms with Crippen molar-refractivity contribution in [3.63, 3.8) is 0 Å². The van der Waals surface area contributed by atoms with Crippen molar-refractivity contribution >= 4 is 17.2 Å². The lowest BCUT2D eigenvalue weighted by Crippen LogP contribution is -2.18. The van der Waals surface area contributed by atoms with Crippen molar-refractivity contribution in [1.82, 2.24) is 20.0 Å². The zero-order valence-electron chi connectivity index (χ0n) is 9.93. The van der Waals surface area contributed by atoms with Gasteiger partial charge < -0.3 is 5.73 Å². The number of nitrogens with two attached hydrogens (primary N) is 1. The second-order valence-electron chi connectivity index (χ2n) is 3.94. The smallest absolute Gasteiger partial charge is 0.186 e. The van der Waals surface area contributed by atoms with E-state index in [1.807, 2.05) is 27.0 Å². The summed E-state index contributed by atoms with van der Waals surface area (Å²) in [6.07, 6.45) is 3.61. The van der Waals surface area contributed by atoms with Gasteiger partial charge in [-0.3, -0.25) is 0 Å². The Kier molecular flexibility index (Phi) is 2.89. The second kappa shape index (κ2) is 4.21. The van der Waals surface area contributed by atoms with Gasteiger partial charge >= 0.3 is 0 Å². The first kappa shape index (κ1) is 11.7. The van der Waals surface area contributed by atoms with Gasteiger partial charge in [0.05, 0.1) is 17.5 Å². The number of aryl methyl sites for hydroxylation is 2. The summed E-state index contributed by atoms with van der Waals surface area (Å²) in [6, 6.07) is 0. The van der Waals surface area contributed by atoms with Crippen LogP contribution >= 0.6 is 12.2 Å². The van der Waals surface area contributed by atoms with Crippen molar-refractivity contribution in [2.45, 2.75) is 20.8 Å². The molecule has 0 fully saturated rings. The third-order valence-corrected chi connectivity index (χ3v) is 2.82. The molecule has 0 atom stereocenters. The van der Waals surface area contributed by atoms with Gasteiger partial charge in [-0.25, -0.2) is 4.68 Å². The Balaban J connectivity index is 2.70. The first-order chi connectivity index (χ1) is 8.00. The third kappa shape index (κ3) is 2.03. The van der Waals surface area contributed by atoms with Crippen LogP contribution in [0.2, 0.25) is 0 Å². The molecule has 0 amide bonds. The highest BCUT2D eigenvalue weighted by atomic mass is 32.1. The van der Waals surface area contributed by atoms with Crippen LogP contribution in [0.1, 0.15) is 22.4 Å². The van der Waals surface area contributed by atoms with Crippen LogP contribution in [0.3, 0.4) is 0 Å².